The number of hydrogen-bond acceptors (Lipinski definition) is 3. The molecule has 3 aromatic carbocycles. The lowest BCUT2D eigenvalue weighted by molar-refractivity contribution is -0.142. The van der Waals surface area contributed by atoms with Gasteiger partial charge in [0, 0.05) is 5.92 Å². The Morgan fingerprint density at radius 2 is 1.43 bits per heavy atom. The maximum Gasteiger partial charge on any atom is 0.407 e. The lowest BCUT2D eigenvalue weighted by atomic mass is 9.98. The first-order valence-electron chi connectivity index (χ1n) is 10.1. The molecule has 5 heteroatoms. The molecule has 30 heavy (non-hydrogen) atoms. The van der Waals surface area contributed by atoms with Crippen molar-refractivity contribution >= 4 is 12.1 Å². The van der Waals surface area contributed by atoms with Crippen LogP contribution >= 0.6 is 0 Å². The zero-order valence-corrected chi connectivity index (χ0v) is 16.2. The highest BCUT2D eigenvalue weighted by atomic mass is 16.5. The minimum Gasteiger partial charge on any atom is -0.481 e. The predicted octanol–water partition coefficient (Wildman–Crippen LogP) is 4.52. The molecule has 0 heterocycles. The second kappa shape index (κ2) is 7.34. The molecule has 2 aliphatic carbocycles. The molecular weight excluding hydrogens is 378 g/mol. The lowest BCUT2D eigenvalue weighted by Gasteiger charge is -2.20. The van der Waals surface area contributed by atoms with Gasteiger partial charge < -0.3 is 15.2 Å². The summed E-state index contributed by atoms with van der Waals surface area (Å²) in [7, 11) is 0. The Morgan fingerprint density at radius 1 is 0.867 bits per heavy atom. The van der Waals surface area contributed by atoms with Crippen molar-refractivity contribution in [3.05, 3.63) is 95.1 Å². The van der Waals surface area contributed by atoms with Crippen LogP contribution in [0.1, 0.15) is 34.2 Å². The molecule has 0 unspecified atom stereocenters. The lowest BCUT2D eigenvalue weighted by Crippen LogP contribution is -2.35. The van der Waals surface area contributed by atoms with Gasteiger partial charge in [-0.15, -0.1) is 0 Å². The Hall–Kier alpha value is -3.60. The Bertz CT molecular complexity index is 1090. The summed E-state index contributed by atoms with van der Waals surface area (Å²) in [5, 5.41) is 12.4. The van der Waals surface area contributed by atoms with Crippen molar-refractivity contribution < 1.29 is 19.4 Å². The maximum atomic E-state index is 12.6. The van der Waals surface area contributed by atoms with Crippen molar-refractivity contribution in [2.75, 3.05) is 6.61 Å². The van der Waals surface area contributed by atoms with Crippen LogP contribution in [0.25, 0.3) is 11.1 Å². The Morgan fingerprint density at radius 3 is 2.07 bits per heavy atom. The van der Waals surface area contributed by atoms with Gasteiger partial charge in [0.05, 0.1) is 12.0 Å². The highest BCUT2D eigenvalue weighted by molar-refractivity contribution is 5.79. The van der Waals surface area contributed by atoms with Crippen molar-refractivity contribution in [3.8, 4) is 11.1 Å². The number of rotatable bonds is 4. The van der Waals surface area contributed by atoms with Crippen LogP contribution < -0.4 is 5.32 Å². The molecule has 0 spiro atoms. The van der Waals surface area contributed by atoms with Crippen molar-refractivity contribution in [2.24, 2.45) is 5.92 Å². The van der Waals surface area contributed by atoms with Gasteiger partial charge in [-0.25, -0.2) is 4.79 Å². The van der Waals surface area contributed by atoms with Gasteiger partial charge in [0.1, 0.15) is 6.61 Å². The van der Waals surface area contributed by atoms with Crippen LogP contribution in [0, 0.1) is 5.92 Å². The van der Waals surface area contributed by atoms with Gasteiger partial charge in [0.2, 0.25) is 0 Å². The molecule has 3 aromatic rings. The van der Waals surface area contributed by atoms with Gasteiger partial charge in [0.15, 0.2) is 0 Å². The molecule has 2 atom stereocenters. The molecule has 150 valence electrons. The van der Waals surface area contributed by atoms with E-state index in [0.717, 1.165) is 33.4 Å². The number of carbonyl (C=O) groups is 2. The average Bonchev–Trinajstić information content (AvgIpc) is 3.29. The van der Waals surface area contributed by atoms with Crippen LogP contribution in [-0.4, -0.2) is 23.8 Å². The number of hydrogen-bond donors (Lipinski definition) is 2. The SMILES string of the molecule is O=C(N[C@@H]1c2ccccc2C[C@@H]1C(=O)O)OCC1c2ccccc2-c2ccccc21. The number of carbonyl (C=O) groups excluding carboxylic acids is 1. The normalized spacial score (nSPS) is 18.9. The van der Waals surface area contributed by atoms with Crippen LogP contribution in [0.3, 0.4) is 0 Å². The summed E-state index contributed by atoms with van der Waals surface area (Å²) >= 11 is 0. The number of benzene rings is 3. The number of fused-ring (bicyclic) bond motifs is 4. The summed E-state index contributed by atoms with van der Waals surface area (Å²) in [5.41, 5.74) is 6.41. The molecule has 0 radical (unpaired) electrons. The van der Waals surface area contributed by atoms with Crippen molar-refractivity contribution in [2.45, 2.75) is 18.4 Å². The number of amides is 1. The molecular formula is C25H21NO4. The van der Waals surface area contributed by atoms with E-state index in [9.17, 15) is 14.7 Å². The minimum absolute atomic E-state index is 0.0331. The third-order valence-corrected chi connectivity index (χ3v) is 6.17. The van der Waals surface area contributed by atoms with Gasteiger partial charge >= 0.3 is 12.1 Å². The molecule has 0 aliphatic heterocycles. The van der Waals surface area contributed by atoms with E-state index in [-0.39, 0.29) is 12.5 Å². The maximum absolute atomic E-state index is 12.6. The van der Waals surface area contributed by atoms with E-state index in [1.54, 1.807) is 0 Å². The van der Waals surface area contributed by atoms with Crippen LogP contribution in [0.4, 0.5) is 4.79 Å². The number of carboxylic acids is 1. The van der Waals surface area contributed by atoms with Crippen molar-refractivity contribution in [1.82, 2.24) is 5.32 Å². The fourth-order valence-electron chi connectivity index (χ4n) is 4.77. The predicted molar refractivity (Wildman–Crippen MR) is 112 cm³/mol. The average molecular weight is 399 g/mol. The number of nitrogens with one attached hydrogen (secondary N) is 1. The second-order valence-electron chi connectivity index (χ2n) is 7.80. The van der Waals surface area contributed by atoms with Gasteiger partial charge in [-0.05, 0) is 39.8 Å². The fourth-order valence-corrected chi connectivity index (χ4v) is 4.77. The van der Waals surface area contributed by atoms with Crippen LogP contribution in [0.2, 0.25) is 0 Å². The zero-order chi connectivity index (χ0) is 20.7. The van der Waals surface area contributed by atoms with Gasteiger partial charge in [-0.3, -0.25) is 4.79 Å². The molecule has 2 N–H and O–H groups in total. The first kappa shape index (κ1) is 18.4. The molecule has 1 amide bonds. The van der Waals surface area contributed by atoms with Gasteiger partial charge in [-0.1, -0.05) is 72.8 Å². The Labute approximate surface area is 174 Å². The molecule has 2 aliphatic rings. The standard InChI is InChI=1S/C25H21NO4/c27-24(28)21-13-15-7-1-2-8-16(15)23(21)26-25(29)30-14-22-19-11-5-3-9-17(19)18-10-4-6-12-20(18)22/h1-12,21-23H,13-14H2,(H,26,29)(H,27,28)/t21-,23+/m0/s1. The fraction of sp³-hybridized carbons (Fsp3) is 0.200. The van der Waals surface area contributed by atoms with Crippen molar-refractivity contribution in [3.63, 3.8) is 0 Å². The molecule has 0 saturated heterocycles. The van der Waals surface area contributed by atoms with E-state index < -0.39 is 24.0 Å². The van der Waals surface area contributed by atoms with E-state index in [2.05, 4.69) is 29.6 Å². The summed E-state index contributed by atoms with van der Waals surface area (Å²) < 4.78 is 5.60. The summed E-state index contributed by atoms with van der Waals surface area (Å²) in [6.45, 7) is 0.200. The van der Waals surface area contributed by atoms with Crippen molar-refractivity contribution in [1.29, 1.82) is 0 Å². The van der Waals surface area contributed by atoms with E-state index in [1.807, 2.05) is 48.5 Å². The summed E-state index contributed by atoms with van der Waals surface area (Å²) in [4.78, 5) is 24.3. The number of aliphatic carboxylic acids is 1. The molecule has 0 bridgehead atoms. The largest absolute Gasteiger partial charge is 0.481 e. The zero-order valence-electron chi connectivity index (χ0n) is 16.2. The first-order valence-corrected chi connectivity index (χ1v) is 10.1. The van der Waals surface area contributed by atoms with Crippen LogP contribution in [0.15, 0.2) is 72.8 Å². The minimum atomic E-state index is -0.921. The van der Waals surface area contributed by atoms with Crippen LogP contribution in [0.5, 0.6) is 0 Å². The monoisotopic (exact) mass is 399 g/mol. The second-order valence-corrected chi connectivity index (χ2v) is 7.80. The topological polar surface area (TPSA) is 75.6 Å². The highest BCUT2D eigenvalue weighted by Gasteiger charge is 2.38. The molecule has 0 fully saturated rings. The highest BCUT2D eigenvalue weighted by Crippen LogP contribution is 2.44. The first-order chi connectivity index (χ1) is 14.6. The third-order valence-electron chi connectivity index (χ3n) is 6.17. The summed E-state index contributed by atoms with van der Waals surface area (Å²) in [6, 6.07) is 23.2. The van der Waals surface area contributed by atoms with E-state index in [4.69, 9.17) is 4.74 Å². The number of carboxylic acid groups (broad SMARTS) is 1. The van der Waals surface area contributed by atoms with Gasteiger partial charge in [-0.2, -0.15) is 0 Å². The van der Waals surface area contributed by atoms with E-state index >= 15 is 0 Å². The van der Waals surface area contributed by atoms with Crippen LogP contribution in [-0.2, 0) is 16.0 Å². The molecule has 5 nitrogen and oxygen atoms in total. The molecule has 5 rings (SSSR count). The Balaban J connectivity index is 1.33. The number of alkyl carbamates (subject to hydrolysis) is 1. The summed E-state index contributed by atoms with van der Waals surface area (Å²) in [5.74, 6) is -1.65. The van der Waals surface area contributed by atoms with Gasteiger partial charge in [0.25, 0.3) is 0 Å². The number of ether oxygens (including phenoxy) is 1. The molecule has 0 saturated carbocycles. The molecule has 0 aromatic heterocycles. The quantitative estimate of drug-likeness (QED) is 0.676. The Kier molecular flexibility index (Phi) is 4.51. The van der Waals surface area contributed by atoms with E-state index in [1.165, 1.54) is 0 Å². The summed E-state index contributed by atoms with van der Waals surface area (Å²) in [6.07, 6.45) is -0.190. The third kappa shape index (κ3) is 3.03. The smallest absolute Gasteiger partial charge is 0.407 e. The van der Waals surface area contributed by atoms with E-state index in [0.29, 0.717) is 6.42 Å².